The van der Waals surface area contributed by atoms with Gasteiger partial charge >= 0.3 is 12.4 Å². The van der Waals surface area contributed by atoms with Gasteiger partial charge < -0.3 is 24.6 Å². The van der Waals surface area contributed by atoms with E-state index in [1.54, 1.807) is 23.8 Å². The van der Waals surface area contributed by atoms with E-state index in [1.807, 2.05) is 4.90 Å². The first-order chi connectivity index (χ1) is 18.8. The van der Waals surface area contributed by atoms with E-state index in [1.165, 1.54) is 0 Å². The second kappa shape index (κ2) is 11.6. The molecular formula is C24H28F6N6O4. The van der Waals surface area contributed by atoms with Crippen LogP contribution in [-0.2, 0) is 33.2 Å². The molecule has 0 spiro atoms. The molecule has 0 radical (unpaired) electrons. The van der Waals surface area contributed by atoms with Gasteiger partial charge in [-0.25, -0.2) is 10.1 Å². The van der Waals surface area contributed by atoms with Crippen molar-refractivity contribution in [2.24, 2.45) is 0 Å². The van der Waals surface area contributed by atoms with Crippen molar-refractivity contribution in [3.63, 3.8) is 0 Å². The molecule has 2 aromatic rings. The van der Waals surface area contributed by atoms with Gasteiger partial charge in [-0.05, 0) is 19.9 Å². The van der Waals surface area contributed by atoms with Crippen LogP contribution in [0.25, 0.3) is 0 Å². The molecule has 0 saturated carbocycles. The first kappa shape index (κ1) is 29.6. The van der Waals surface area contributed by atoms with Gasteiger partial charge in [0.15, 0.2) is 0 Å². The molecule has 16 heteroatoms. The van der Waals surface area contributed by atoms with E-state index in [2.05, 4.69) is 15.4 Å². The quantitative estimate of drug-likeness (QED) is 0.381. The summed E-state index contributed by atoms with van der Waals surface area (Å²) in [5, 5.41) is 7.71. The van der Waals surface area contributed by atoms with Crippen LogP contribution in [0.4, 0.5) is 37.8 Å². The molecule has 1 saturated heterocycles. The molecule has 10 nitrogen and oxygen atoms in total. The fourth-order valence-electron chi connectivity index (χ4n) is 4.73. The molecule has 0 aliphatic carbocycles. The molecule has 0 bridgehead atoms. The lowest BCUT2D eigenvalue weighted by atomic mass is 10.1. The van der Waals surface area contributed by atoms with E-state index in [4.69, 9.17) is 9.47 Å². The van der Waals surface area contributed by atoms with Gasteiger partial charge in [0.1, 0.15) is 11.4 Å². The summed E-state index contributed by atoms with van der Waals surface area (Å²) in [7, 11) is 0. The third-order valence-corrected chi connectivity index (χ3v) is 6.73. The van der Waals surface area contributed by atoms with Crippen molar-refractivity contribution >= 4 is 17.4 Å². The van der Waals surface area contributed by atoms with Gasteiger partial charge in [0.2, 0.25) is 5.91 Å². The van der Waals surface area contributed by atoms with Crippen LogP contribution < -0.4 is 15.8 Å². The molecule has 40 heavy (non-hydrogen) atoms. The Kier molecular flexibility index (Phi) is 8.58. The summed E-state index contributed by atoms with van der Waals surface area (Å²) in [6.07, 6.45) is -8.11. The van der Waals surface area contributed by atoms with E-state index in [0.717, 1.165) is 18.5 Å². The summed E-state index contributed by atoms with van der Waals surface area (Å²) in [6.45, 7) is 4.22. The van der Waals surface area contributed by atoms with Gasteiger partial charge in [-0.1, -0.05) is 0 Å². The minimum Gasteiger partial charge on any atom is -0.379 e. The van der Waals surface area contributed by atoms with Crippen molar-refractivity contribution < 1.29 is 40.6 Å². The van der Waals surface area contributed by atoms with Crippen LogP contribution in [-0.4, -0.2) is 77.0 Å². The SMILES string of the molecule is CC1OCc2cc(C(F)(F)F)cnc2N2CCN(C(=O)CCOC[C@H](C)Nc3cn[nH]c(=O)c3C(F)(F)F)C[C@H]12. The number of anilines is 2. The maximum absolute atomic E-state index is 13.2. The highest BCUT2D eigenvalue weighted by molar-refractivity contribution is 5.76. The van der Waals surface area contributed by atoms with Crippen LogP contribution >= 0.6 is 0 Å². The van der Waals surface area contributed by atoms with Crippen LogP contribution in [0, 0.1) is 0 Å². The van der Waals surface area contributed by atoms with Crippen molar-refractivity contribution in [1.82, 2.24) is 20.1 Å². The van der Waals surface area contributed by atoms with Crippen molar-refractivity contribution in [2.45, 2.75) is 57.4 Å². The third-order valence-electron chi connectivity index (χ3n) is 6.73. The van der Waals surface area contributed by atoms with Crippen LogP contribution in [0.5, 0.6) is 0 Å². The molecule has 4 heterocycles. The van der Waals surface area contributed by atoms with Gasteiger partial charge in [0.25, 0.3) is 5.56 Å². The average molecular weight is 579 g/mol. The van der Waals surface area contributed by atoms with Gasteiger partial charge in [-0.3, -0.25) is 9.59 Å². The number of halogens is 6. The monoisotopic (exact) mass is 578 g/mol. The Morgan fingerprint density at radius 3 is 2.67 bits per heavy atom. The number of alkyl halides is 6. The summed E-state index contributed by atoms with van der Waals surface area (Å²) < 4.78 is 90.3. The van der Waals surface area contributed by atoms with E-state index in [-0.39, 0.29) is 50.8 Å². The molecule has 2 aliphatic rings. The molecule has 2 N–H and O–H groups in total. The molecule has 4 rings (SSSR count). The fraction of sp³-hybridized carbons (Fsp3) is 0.583. The lowest BCUT2D eigenvalue weighted by Gasteiger charge is -2.43. The van der Waals surface area contributed by atoms with Crippen LogP contribution in [0.2, 0.25) is 0 Å². The fourth-order valence-corrected chi connectivity index (χ4v) is 4.73. The summed E-state index contributed by atoms with van der Waals surface area (Å²) >= 11 is 0. The zero-order valence-corrected chi connectivity index (χ0v) is 21.6. The van der Waals surface area contributed by atoms with Gasteiger partial charge in [-0.15, -0.1) is 0 Å². The van der Waals surface area contributed by atoms with Crippen molar-refractivity contribution in [1.29, 1.82) is 0 Å². The maximum atomic E-state index is 13.2. The number of nitrogens with zero attached hydrogens (tertiary/aromatic N) is 4. The standard InChI is InChI=1S/C24H28F6N6O4/c1-13(33-17-9-32-34-22(38)20(17)24(28,29)30)11-39-6-3-19(37)35-4-5-36-18(10-35)14(2)40-12-15-7-16(23(25,26)27)8-31-21(15)36/h7-9,13-14,18H,3-6,10-12H2,1-2H3,(H2,33,34,38)/t13-,14?,18+/m0/s1. The summed E-state index contributed by atoms with van der Waals surface area (Å²) in [6, 6.07) is 0.0925. The average Bonchev–Trinajstić information content (AvgIpc) is 3.01. The van der Waals surface area contributed by atoms with E-state index >= 15 is 0 Å². The number of amides is 1. The molecule has 1 amide bonds. The molecule has 2 aliphatic heterocycles. The summed E-state index contributed by atoms with van der Waals surface area (Å²) in [5.74, 6) is 0.194. The number of ether oxygens (including phenoxy) is 2. The molecule has 220 valence electrons. The number of rotatable bonds is 7. The van der Waals surface area contributed by atoms with Crippen molar-refractivity contribution in [3.8, 4) is 0 Å². The highest BCUT2D eigenvalue weighted by Gasteiger charge is 2.39. The number of hydrogen-bond acceptors (Lipinski definition) is 8. The highest BCUT2D eigenvalue weighted by atomic mass is 19.4. The Labute approximate surface area is 224 Å². The van der Waals surface area contributed by atoms with Crippen molar-refractivity contribution in [2.75, 3.05) is 43.1 Å². The number of carbonyl (C=O) groups is 1. The number of aromatic amines is 1. The lowest BCUT2D eigenvalue weighted by molar-refractivity contribution is -0.138. The first-order valence-corrected chi connectivity index (χ1v) is 12.5. The number of fused-ring (bicyclic) bond motifs is 3. The Balaban J connectivity index is 1.29. The van der Waals surface area contributed by atoms with E-state index < -0.39 is 40.8 Å². The van der Waals surface area contributed by atoms with Gasteiger partial charge in [0.05, 0.1) is 55.8 Å². The topological polar surface area (TPSA) is 113 Å². The molecule has 2 aromatic heterocycles. The Bertz CT molecular complexity index is 1270. The number of pyridine rings is 1. The highest BCUT2D eigenvalue weighted by Crippen LogP contribution is 2.35. The minimum absolute atomic E-state index is 0.00610. The zero-order valence-electron chi connectivity index (χ0n) is 21.6. The van der Waals surface area contributed by atoms with E-state index in [0.29, 0.717) is 24.5 Å². The molecule has 3 atom stereocenters. The Morgan fingerprint density at radius 1 is 1.23 bits per heavy atom. The minimum atomic E-state index is -4.88. The largest absolute Gasteiger partial charge is 0.423 e. The summed E-state index contributed by atoms with van der Waals surface area (Å²) in [4.78, 5) is 32.0. The second-order valence-electron chi connectivity index (χ2n) is 9.68. The lowest BCUT2D eigenvalue weighted by Crippen LogP contribution is -2.58. The van der Waals surface area contributed by atoms with Crippen molar-refractivity contribution in [3.05, 3.63) is 45.5 Å². The van der Waals surface area contributed by atoms with Crippen LogP contribution in [0.15, 0.2) is 23.3 Å². The first-order valence-electron chi connectivity index (χ1n) is 12.5. The molecule has 1 unspecified atom stereocenters. The van der Waals surface area contributed by atoms with Crippen LogP contribution in [0.1, 0.15) is 37.0 Å². The predicted octanol–water partition coefficient (Wildman–Crippen LogP) is 3.05. The summed E-state index contributed by atoms with van der Waals surface area (Å²) in [5.41, 5.74) is -3.76. The number of hydrogen-bond donors (Lipinski definition) is 2. The number of H-pyrrole nitrogens is 1. The number of nitrogens with one attached hydrogen (secondary N) is 2. The predicted molar refractivity (Wildman–Crippen MR) is 130 cm³/mol. The number of carbonyl (C=O) groups excluding carboxylic acids is 1. The molecule has 1 fully saturated rings. The molecular weight excluding hydrogens is 550 g/mol. The number of piperazine rings is 1. The van der Waals surface area contributed by atoms with Crippen LogP contribution in [0.3, 0.4) is 0 Å². The second-order valence-corrected chi connectivity index (χ2v) is 9.68. The maximum Gasteiger partial charge on any atom is 0.423 e. The van der Waals surface area contributed by atoms with Gasteiger partial charge in [-0.2, -0.15) is 31.4 Å². The zero-order chi connectivity index (χ0) is 29.2. The molecule has 0 aromatic carbocycles. The smallest absolute Gasteiger partial charge is 0.379 e. The Morgan fingerprint density at radius 2 is 1.98 bits per heavy atom. The van der Waals surface area contributed by atoms with E-state index in [9.17, 15) is 35.9 Å². The Hall–Kier alpha value is -3.40. The normalized spacial score (nSPS) is 20.4. The third kappa shape index (κ3) is 6.66. The van der Waals surface area contributed by atoms with Gasteiger partial charge in [0, 0.05) is 37.4 Å². The number of aromatic nitrogens is 3.